The lowest BCUT2D eigenvalue weighted by Crippen LogP contribution is -2.61. The molecule has 11 heteroatoms. The third kappa shape index (κ3) is 6.24. The van der Waals surface area contributed by atoms with Crippen LogP contribution in [0.1, 0.15) is 37.5 Å². The van der Waals surface area contributed by atoms with Gasteiger partial charge >= 0.3 is 6.09 Å². The molecule has 238 valence electrons. The fourth-order valence-electron chi connectivity index (χ4n) is 6.64. The number of rotatable bonds is 5. The van der Waals surface area contributed by atoms with E-state index in [4.69, 9.17) is 14.5 Å². The predicted molar refractivity (Wildman–Crippen MR) is 177 cm³/mol. The molecule has 0 spiro atoms. The van der Waals surface area contributed by atoms with Crippen LogP contribution in [0.4, 0.5) is 33.4 Å². The number of nitrogens with zero attached hydrogens (tertiary/aromatic N) is 6. The number of hydrogen-bond donors (Lipinski definition) is 2. The molecule has 2 aromatic heterocycles. The lowest BCUT2D eigenvalue weighted by Gasteiger charge is -2.43. The van der Waals surface area contributed by atoms with Gasteiger partial charge in [-0.2, -0.15) is 0 Å². The van der Waals surface area contributed by atoms with Crippen LogP contribution in [-0.2, 0) is 17.7 Å². The quantitative estimate of drug-likeness (QED) is 0.434. The summed E-state index contributed by atoms with van der Waals surface area (Å²) in [6, 6.07) is 11.6. The molecule has 2 saturated heterocycles. The zero-order valence-corrected chi connectivity index (χ0v) is 26.8. The number of ether oxygens (including phenoxy) is 2. The van der Waals surface area contributed by atoms with Crippen molar-refractivity contribution in [1.82, 2.24) is 20.2 Å². The number of amides is 1. The van der Waals surface area contributed by atoms with Gasteiger partial charge in [0.1, 0.15) is 23.7 Å². The second-order valence-corrected chi connectivity index (χ2v) is 13.4. The van der Waals surface area contributed by atoms with Crippen molar-refractivity contribution in [2.75, 3.05) is 79.0 Å². The largest absolute Gasteiger partial charge is 0.474 e. The number of benzene rings is 1. The first-order valence-corrected chi connectivity index (χ1v) is 16.1. The van der Waals surface area contributed by atoms with E-state index in [2.05, 4.69) is 60.6 Å². The second kappa shape index (κ2) is 12.0. The number of fused-ring (bicyclic) bond motifs is 2. The van der Waals surface area contributed by atoms with Crippen molar-refractivity contribution >= 4 is 34.7 Å². The van der Waals surface area contributed by atoms with E-state index < -0.39 is 5.60 Å². The number of carbonyl (C=O) groups excluding carboxylic acids is 1. The molecule has 6 heterocycles. The first-order chi connectivity index (χ1) is 21.7. The van der Waals surface area contributed by atoms with Crippen molar-refractivity contribution < 1.29 is 14.3 Å². The third-order valence-corrected chi connectivity index (χ3v) is 9.21. The number of nitrogens with one attached hydrogen (secondary N) is 2. The Morgan fingerprint density at radius 2 is 1.76 bits per heavy atom. The zero-order chi connectivity index (χ0) is 31.1. The molecule has 2 N–H and O–H groups in total. The lowest BCUT2D eigenvalue weighted by molar-refractivity contribution is 0.0566. The van der Waals surface area contributed by atoms with Gasteiger partial charge in [-0.1, -0.05) is 0 Å². The van der Waals surface area contributed by atoms with E-state index in [-0.39, 0.29) is 6.09 Å². The Kier molecular flexibility index (Phi) is 7.91. The minimum absolute atomic E-state index is 0.378. The Hall–Kier alpha value is -4.09. The third-order valence-electron chi connectivity index (χ3n) is 9.21. The van der Waals surface area contributed by atoms with Crippen LogP contribution in [-0.4, -0.2) is 91.6 Å². The molecular weight excluding hydrogens is 568 g/mol. The molecule has 1 amide bonds. The highest BCUT2D eigenvalue weighted by Crippen LogP contribution is 2.40. The summed E-state index contributed by atoms with van der Waals surface area (Å²) >= 11 is 0. The number of hydrogen-bond acceptors (Lipinski definition) is 10. The van der Waals surface area contributed by atoms with Gasteiger partial charge in [0.05, 0.1) is 18.4 Å². The molecule has 2 fully saturated rings. The summed E-state index contributed by atoms with van der Waals surface area (Å²) in [7, 11) is 0. The highest BCUT2D eigenvalue weighted by atomic mass is 16.6. The van der Waals surface area contributed by atoms with Crippen LogP contribution >= 0.6 is 0 Å². The average molecular weight is 613 g/mol. The molecule has 0 unspecified atom stereocenters. The van der Waals surface area contributed by atoms with Gasteiger partial charge in [0, 0.05) is 81.5 Å². The van der Waals surface area contributed by atoms with Crippen LogP contribution in [0.15, 0.2) is 42.7 Å². The van der Waals surface area contributed by atoms with Crippen molar-refractivity contribution in [2.45, 2.75) is 52.3 Å². The summed E-state index contributed by atoms with van der Waals surface area (Å²) in [6.45, 7) is 16.7. The second-order valence-electron chi connectivity index (χ2n) is 13.4. The summed E-state index contributed by atoms with van der Waals surface area (Å²) < 4.78 is 11.6. The van der Waals surface area contributed by atoms with Crippen molar-refractivity contribution in [3.63, 3.8) is 0 Å². The Labute approximate surface area is 265 Å². The number of pyridine rings is 2. The van der Waals surface area contributed by atoms with Crippen molar-refractivity contribution in [3.05, 3.63) is 59.4 Å². The Bertz CT molecular complexity index is 1540. The van der Waals surface area contributed by atoms with Crippen LogP contribution in [0.2, 0.25) is 0 Å². The molecule has 45 heavy (non-hydrogen) atoms. The molecule has 4 aliphatic heterocycles. The van der Waals surface area contributed by atoms with Gasteiger partial charge in [0.25, 0.3) is 0 Å². The van der Waals surface area contributed by atoms with E-state index in [9.17, 15) is 4.79 Å². The fourth-order valence-corrected chi connectivity index (χ4v) is 6.64. The number of aromatic nitrogens is 2. The highest BCUT2D eigenvalue weighted by Gasteiger charge is 2.33. The average Bonchev–Trinajstić information content (AvgIpc) is 3.00. The molecule has 0 radical (unpaired) electrons. The first kappa shape index (κ1) is 29.6. The van der Waals surface area contributed by atoms with Crippen molar-refractivity contribution in [2.24, 2.45) is 0 Å². The molecule has 4 aliphatic rings. The summed E-state index contributed by atoms with van der Waals surface area (Å²) in [5, 5.41) is 6.90. The highest BCUT2D eigenvalue weighted by molar-refractivity contribution is 5.92. The molecule has 0 bridgehead atoms. The van der Waals surface area contributed by atoms with Gasteiger partial charge < -0.3 is 29.9 Å². The molecule has 1 aromatic carbocycles. The minimum atomic E-state index is -0.588. The normalized spacial score (nSPS) is 18.9. The van der Waals surface area contributed by atoms with Gasteiger partial charge in [-0.05, 0) is 75.6 Å². The van der Waals surface area contributed by atoms with Crippen molar-refractivity contribution in [3.8, 4) is 5.88 Å². The predicted octanol–water partition coefficient (Wildman–Crippen LogP) is 4.32. The summed E-state index contributed by atoms with van der Waals surface area (Å²) in [5.74, 6) is 1.30. The summed E-state index contributed by atoms with van der Waals surface area (Å²) in [6.07, 6.45) is 4.36. The van der Waals surface area contributed by atoms with Crippen LogP contribution in [0.25, 0.3) is 0 Å². The van der Waals surface area contributed by atoms with E-state index in [1.165, 1.54) is 16.8 Å². The molecule has 0 saturated carbocycles. The molecule has 7 rings (SSSR count). The maximum Gasteiger partial charge on any atom is 0.415 e. The van der Waals surface area contributed by atoms with E-state index in [1.54, 1.807) is 4.90 Å². The lowest BCUT2D eigenvalue weighted by atomic mass is 10.0. The maximum absolute atomic E-state index is 13.1. The molecular formula is C34H44N8O3. The first-order valence-electron chi connectivity index (χ1n) is 16.1. The van der Waals surface area contributed by atoms with Gasteiger partial charge in [-0.25, -0.2) is 14.8 Å². The fraction of sp³-hybridized carbons (Fsp3) is 0.500. The Balaban J connectivity index is 1.03. The molecule has 0 aliphatic carbocycles. The smallest absolute Gasteiger partial charge is 0.415 e. The topological polar surface area (TPSA) is 98.3 Å². The van der Waals surface area contributed by atoms with E-state index in [1.807, 2.05) is 40.1 Å². The summed E-state index contributed by atoms with van der Waals surface area (Å²) in [4.78, 5) is 31.5. The van der Waals surface area contributed by atoms with Crippen LogP contribution in [0, 0.1) is 6.92 Å². The molecule has 0 atom stereocenters. The number of anilines is 5. The number of carbonyl (C=O) groups is 1. The maximum atomic E-state index is 13.1. The Morgan fingerprint density at radius 3 is 2.47 bits per heavy atom. The van der Waals surface area contributed by atoms with Gasteiger partial charge in [-0.15, -0.1) is 0 Å². The SMILES string of the molecule is Cc1c(N2CCc3cnc(Nc4ccc(N5CCN(C6CNC6)CC5)cc4)cc3C2)cnc2c1N(C(=O)OC(C)(C)C)CCO2. The Morgan fingerprint density at radius 1 is 0.978 bits per heavy atom. The number of piperazine rings is 1. The standard InChI is InChI=1S/C34H44N8O3/c1-23-29(21-37-32-31(23)42(15-16-44-32)33(43)45-34(2,3)4)41-10-9-24-18-36-30(17-25(24)22-41)38-26-5-7-27(8-6-26)39-11-13-40(14-12-39)28-19-35-20-28/h5-8,17-18,21,28,35H,9-16,19-20,22H2,1-4H3,(H,36,38). The minimum Gasteiger partial charge on any atom is -0.474 e. The van der Waals surface area contributed by atoms with E-state index in [0.717, 1.165) is 87.6 Å². The van der Waals surface area contributed by atoms with Crippen LogP contribution in [0.3, 0.4) is 0 Å². The van der Waals surface area contributed by atoms with Crippen LogP contribution < -0.4 is 30.1 Å². The van der Waals surface area contributed by atoms with Gasteiger partial charge in [0.2, 0.25) is 5.88 Å². The zero-order valence-electron chi connectivity index (χ0n) is 26.8. The molecule has 11 nitrogen and oxygen atoms in total. The van der Waals surface area contributed by atoms with Crippen LogP contribution in [0.5, 0.6) is 5.88 Å². The monoisotopic (exact) mass is 612 g/mol. The van der Waals surface area contributed by atoms with E-state index >= 15 is 0 Å². The van der Waals surface area contributed by atoms with Gasteiger partial charge in [-0.3, -0.25) is 9.80 Å². The molecule has 3 aromatic rings. The van der Waals surface area contributed by atoms with Gasteiger partial charge in [0.15, 0.2) is 0 Å². The summed E-state index contributed by atoms with van der Waals surface area (Å²) in [5.41, 5.74) is 6.83. The van der Waals surface area contributed by atoms with Crippen molar-refractivity contribution in [1.29, 1.82) is 0 Å². The van der Waals surface area contributed by atoms with E-state index in [0.29, 0.717) is 24.7 Å².